The van der Waals surface area contributed by atoms with Crippen molar-refractivity contribution in [3.05, 3.63) is 72.5 Å². The molecule has 172 valence electrons. The van der Waals surface area contributed by atoms with Crippen molar-refractivity contribution in [3.63, 3.8) is 0 Å². The van der Waals surface area contributed by atoms with Crippen molar-refractivity contribution in [2.45, 2.75) is 17.9 Å². The molecule has 0 saturated heterocycles. The Labute approximate surface area is 191 Å². The van der Waals surface area contributed by atoms with Crippen molar-refractivity contribution < 1.29 is 27.1 Å². The number of halogens is 1. The number of nitrogens with one attached hydrogen (secondary N) is 1. The third kappa shape index (κ3) is 4.63. The van der Waals surface area contributed by atoms with Crippen molar-refractivity contribution in [3.8, 4) is 22.6 Å². The summed E-state index contributed by atoms with van der Waals surface area (Å²) in [5, 5.41) is 2.76. The predicted octanol–water partition coefficient (Wildman–Crippen LogP) is 3.59. The number of carbonyl (C=O) groups excluding carboxylic acids is 1. The minimum absolute atomic E-state index is 0.0341. The van der Waals surface area contributed by atoms with Crippen molar-refractivity contribution in [2.24, 2.45) is 0 Å². The Hall–Kier alpha value is -3.59. The predicted molar refractivity (Wildman–Crippen MR) is 122 cm³/mol. The summed E-state index contributed by atoms with van der Waals surface area (Å²) in [6, 6.07) is 16.8. The van der Waals surface area contributed by atoms with E-state index < -0.39 is 28.3 Å². The summed E-state index contributed by atoms with van der Waals surface area (Å²) in [5.74, 6) is 0.326. The summed E-state index contributed by atoms with van der Waals surface area (Å²) in [5.41, 5.74) is 1.08. The molecule has 33 heavy (non-hydrogen) atoms. The molecule has 0 aromatic heterocycles. The van der Waals surface area contributed by atoms with Crippen LogP contribution in [0.1, 0.15) is 6.92 Å². The minimum atomic E-state index is -3.99. The van der Waals surface area contributed by atoms with Gasteiger partial charge >= 0.3 is 0 Å². The minimum Gasteiger partial charge on any atom is -0.497 e. The molecule has 1 heterocycles. The molecule has 1 N–H and O–H groups in total. The number of nitrogens with zero attached hydrogens (tertiary/aromatic N) is 1. The molecule has 1 amide bonds. The Kier molecular flexibility index (Phi) is 6.24. The van der Waals surface area contributed by atoms with Crippen LogP contribution in [0.2, 0.25) is 0 Å². The number of methoxy groups -OCH3 is 1. The molecule has 7 nitrogen and oxygen atoms in total. The molecule has 1 atom stereocenters. The first-order chi connectivity index (χ1) is 15.8. The number of anilines is 1. The molecule has 0 unspecified atom stereocenters. The third-order valence-corrected chi connectivity index (χ3v) is 7.04. The highest BCUT2D eigenvalue weighted by Crippen LogP contribution is 2.42. The SMILES string of the molecule is COc1ccc(OC[C@@H](C)NC(=O)CN2c3ccc(F)cc3-c3ccccc3S2(=O)=O)cc1. The third-order valence-electron chi connectivity index (χ3n) is 5.23. The van der Waals surface area contributed by atoms with Gasteiger partial charge in [-0.05, 0) is 55.5 Å². The van der Waals surface area contributed by atoms with E-state index in [-0.39, 0.29) is 23.2 Å². The molecule has 1 aliphatic rings. The van der Waals surface area contributed by atoms with E-state index in [0.29, 0.717) is 22.6 Å². The molecular formula is C24H23FN2O5S. The quantitative estimate of drug-likeness (QED) is 0.571. The van der Waals surface area contributed by atoms with Crippen LogP contribution >= 0.6 is 0 Å². The first-order valence-electron chi connectivity index (χ1n) is 10.3. The van der Waals surface area contributed by atoms with E-state index >= 15 is 0 Å². The van der Waals surface area contributed by atoms with E-state index in [2.05, 4.69) is 5.32 Å². The highest BCUT2D eigenvalue weighted by molar-refractivity contribution is 7.93. The van der Waals surface area contributed by atoms with Crippen LogP contribution in [0.4, 0.5) is 10.1 Å². The van der Waals surface area contributed by atoms with Gasteiger partial charge in [0.2, 0.25) is 5.91 Å². The zero-order valence-electron chi connectivity index (χ0n) is 18.1. The molecule has 4 rings (SSSR count). The Balaban J connectivity index is 1.48. The lowest BCUT2D eigenvalue weighted by Crippen LogP contribution is -2.46. The average Bonchev–Trinajstić information content (AvgIpc) is 2.81. The highest BCUT2D eigenvalue weighted by Gasteiger charge is 2.36. The van der Waals surface area contributed by atoms with E-state index in [1.807, 2.05) is 0 Å². The molecule has 0 radical (unpaired) electrons. The van der Waals surface area contributed by atoms with Crippen LogP contribution in [0.3, 0.4) is 0 Å². The van der Waals surface area contributed by atoms with Crippen LogP contribution in [0.15, 0.2) is 71.6 Å². The molecule has 0 saturated carbocycles. The van der Waals surface area contributed by atoms with Crippen molar-refractivity contribution >= 4 is 21.6 Å². The van der Waals surface area contributed by atoms with E-state index in [1.54, 1.807) is 56.5 Å². The molecule has 0 spiro atoms. The Bertz CT molecular complexity index is 1280. The number of amides is 1. The number of benzene rings is 3. The number of carbonyl (C=O) groups is 1. The Morgan fingerprint density at radius 3 is 2.45 bits per heavy atom. The smallest absolute Gasteiger partial charge is 0.265 e. The van der Waals surface area contributed by atoms with Crippen LogP contribution in [-0.2, 0) is 14.8 Å². The van der Waals surface area contributed by atoms with Crippen LogP contribution in [0, 0.1) is 5.82 Å². The van der Waals surface area contributed by atoms with Crippen molar-refractivity contribution in [1.29, 1.82) is 0 Å². The summed E-state index contributed by atoms with van der Waals surface area (Å²) in [7, 11) is -2.42. The maximum Gasteiger partial charge on any atom is 0.265 e. The number of sulfonamides is 1. The van der Waals surface area contributed by atoms with E-state index in [4.69, 9.17) is 9.47 Å². The second-order valence-electron chi connectivity index (χ2n) is 7.62. The lowest BCUT2D eigenvalue weighted by molar-refractivity contribution is -0.120. The molecule has 1 aliphatic heterocycles. The zero-order chi connectivity index (χ0) is 23.6. The number of hydrogen-bond donors (Lipinski definition) is 1. The second-order valence-corrected chi connectivity index (χ2v) is 9.46. The fraction of sp³-hybridized carbons (Fsp3) is 0.208. The van der Waals surface area contributed by atoms with Crippen LogP contribution in [-0.4, -0.2) is 40.6 Å². The second kappa shape index (κ2) is 9.11. The maximum atomic E-state index is 13.9. The van der Waals surface area contributed by atoms with Gasteiger partial charge in [0.25, 0.3) is 10.0 Å². The standard InChI is InChI=1S/C24H23FN2O5S/c1-16(15-32-19-10-8-18(31-2)9-11-19)26-24(28)14-27-22-12-7-17(25)13-21(22)20-5-3-4-6-23(20)33(27,29)30/h3-13,16H,14-15H2,1-2H3,(H,26,28)/t16-/m1/s1. The van der Waals surface area contributed by atoms with Crippen LogP contribution < -0.4 is 19.1 Å². The number of fused-ring (bicyclic) bond motifs is 3. The Morgan fingerprint density at radius 2 is 1.73 bits per heavy atom. The van der Waals surface area contributed by atoms with Crippen LogP contribution in [0.25, 0.3) is 11.1 Å². The van der Waals surface area contributed by atoms with Gasteiger partial charge in [0.1, 0.15) is 30.5 Å². The van der Waals surface area contributed by atoms with E-state index in [1.165, 1.54) is 24.3 Å². The summed E-state index contributed by atoms with van der Waals surface area (Å²) >= 11 is 0. The first kappa shape index (κ1) is 22.6. The molecule has 3 aromatic rings. The molecule has 3 aromatic carbocycles. The number of rotatable bonds is 7. The van der Waals surface area contributed by atoms with Gasteiger partial charge in [-0.3, -0.25) is 9.10 Å². The Morgan fingerprint density at radius 1 is 1.03 bits per heavy atom. The maximum absolute atomic E-state index is 13.9. The fourth-order valence-corrected chi connectivity index (χ4v) is 5.31. The molecule has 0 bridgehead atoms. The van der Waals surface area contributed by atoms with Gasteiger partial charge in [0.15, 0.2) is 0 Å². The monoisotopic (exact) mass is 470 g/mol. The number of ether oxygens (including phenoxy) is 2. The highest BCUT2D eigenvalue weighted by atomic mass is 32.2. The van der Waals surface area contributed by atoms with Crippen molar-refractivity contribution in [1.82, 2.24) is 5.32 Å². The summed E-state index contributed by atoms with van der Waals surface area (Å²) in [6.45, 7) is 1.50. The van der Waals surface area contributed by atoms with Gasteiger partial charge in [-0.25, -0.2) is 12.8 Å². The largest absolute Gasteiger partial charge is 0.497 e. The van der Waals surface area contributed by atoms with Crippen LogP contribution in [0.5, 0.6) is 11.5 Å². The lowest BCUT2D eigenvalue weighted by Gasteiger charge is -2.32. The summed E-state index contributed by atoms with van der Waals surface area (Å²) in [6.07, 6.45) is 0. The zero-order valence-corrected chi connectivity index (χ0v) is 18.9. The topological polar surface area (TPSA) is 84.9 Å². The molecular weight excluding hydrogens is 447 g/mol. The molecule has 9 heteroatoms. The van der Waals surface area contributed by atoms with Gasteiger partial charge in [-0.2, -0.15) is 0 Å². The normalized spacial score (nSPS) is 14.6. The van der Waals surface area contributed by atoms with Gasteiger partial charge in [0, 0.05) is 11.1 Å². The lowest BCUT2D eigenvalue weighted by atomic mass is 10.0. The van der Waals surface area contributed by atoms with E-state index in [0.717, 1.165) is 4.31 Å². The summed E-state index contributed by atoms with van der Waals surface area (Å²) < 4.78 is 52.2. The molecule has 0 aliphatic carbocycles. The molecule has 0 fully saturated rings. The fourth-order valence-electron chi connectivity index (χ4n) is 3.66. The summed E-state index contributed by atoms with van der Waals surface area (Å²) in [4.78, 5) is 12.8. The number of hydrogen-bond acceptors (Lipinski definition) is 5. The average molecular weight is 471 g/mol. The first-order valence-corrected chi connectivity index (χ1v) is 11.7. The van der Waals surface area contributed by atoms with Gasteiger partial charge in [-0.1, -0.05) is 18.2 Å². The van der Waals surface area contributed by atoms with E-state index in [9.17, 15) is 17.6 Å². The van der Waals surface area contributed by atoms with Gasteiger partial charge in [0.05, 0.1) is 23.7 Å². The van der Waals surface area contributed by atoms with Gasteiger partial charge in [-0.15, -0.1) is 0 Å². The van der Waals surface area contributed by atoms with Gasteiger partial charge < -0.3 is 14.8 Å². The van der Waals surface area contributed by atoms with Crippen molar-refractivity contribution in [2.75, 3.05) is 24.6 Å².